The van der Waals surface area contributed by atoms with Crippen molar-refractivity contribution in [1.29, 1.82) is 0 Å². The van der Waals surface area contributed by atoms with Gasteiger partial charge in [0, 0.05) is 55.9 Å². The first kappa shape index (κ1) is 52.8. The first-order valence-corrected chi connectivity index (χ1v) is 31.1. The van der Waals surface area contributed by atoms with Crippen molar-refractivity contribution in [3.8, 4) is 66.8 Å². The summed E-state index contributed by atoms with van der Waals surface area (Å²) in [6.45, 7) is 4.80. The lowest BCUT2D eigenvalue weighted by molar-refractivity contribution is 0.661. The van der Waals surface area contributed by atoms with E-state index in [4.69, 9.17) is 4.42 Å². The van der Waals surface area contributed by atoms with Crippen molar-refractivity contribution in [2.45, 2.75) is 19.3 Å². The van der Waals surface area contributed by atoms with Crippen LogP contribution in [0.3, 0.4) is 0 Å². The summed E-state index contributed by atoms with van der Waals surface area (Å²) < 4.78 is 6.50. The van der Waals surface area contributed by atoms with Gasteiger partial charge in [0.15, 0.2) is 0 Å². The maximum Gasteiger partial charge on any atom is 0.143 e. The molecule has 16 aromatic rings. The monoisotopic (exact) mass is 1150 g/mol. The van der Waals surface area contributed by atoms with E-state index in [2.05, 4.69) is 339 Å². The summed E-state index contributed by atoms with van der Waals surface area (Å²) in [5.74, 6) is 0. The number of para-hydroxylation sites is 2. The fraction of sp³-hybridized carbons (Fsp3) is 0.0345. The van der Waals surface area contributed by atoms with Gasteiger partial charge in [0.25, 0.3) is 0 Å². The molecule has 1 heterocycles. The maximum absolute atomic E-state index is 6.50. The Hall–Kier alpha value is -11.5. The highest BCUT2D eigenvalue weighted by atomic mass is 16.3. The molecule has 1 aliphatic rings. The molecule has 1 aliphatic carbocycles. The summed E-state index contributed by atoms with van der Waals surface area (Å²) in [4.78, 5) is 4.78. The Morgan fingerprint density at radius 1 is 0.244 bits per heavy atom. The SMILES string of the molecule is CC1(C)c2cc(N(c3ccc(-c4ccccc4)cc3)c3ccc(-c4ccc(N(c5ccc(-c6ccc(-c7ccccc7)cc6)cc5)c5ccc(-c6cccc7c6oc6ccccc67)cc5)cc4)cc3)ccc2-c2c1ccc1c3ccccc3c3ccccc3c21. The van der Waals surface area contributed by atoms with Crippen molar-refractivity contribution in [1.82, 2.24) is 0 Å². The van der Waals surface area contributed by atoms with Crippen LogP contribution in [-0.4, -0.2) is 0 Å². The number of nitrogens with zero attached hydrogens (tertiary/aromatic N) is 2. The van der Waals surface area contributed by atoms with E-state index in [1.807, 2.05) is 12.1 Å². The van der Waals surface area contributed by atoms with Crippen LogP contribution in [0.25, 0.3) is 121 Å². The zero-order valence-electron chi connectivity index (χ0n) is 50.0. The van der Waals surface area contributed by atoms with Crippen LogP contribution in [0, 0.1) is 0 Å². The second-order valence-electron chi connectivity index (χ2n) is 24.4. The quantitative estimate of drug-likeness (QED) is 0.120. The van der Waals surface area contributed by atoms with Crippen LogP contribution in [0.1, 0.15) is 25.0 Å². The Bertz CT molecular complexity index is 5340. The second-order valence-corrected chi connectivity index (χ2v) is 24.4. The zero-order chi connectivity index (χ0) is 59.9. The summed E-state index contributed by atoms with van der Waals surface area (Å²) in [7, 11) is 0. The van der Waals surface area contributed by atoms with Crippen molar-refractivity contribution in [2.24, 2.45) is 0 Å². The van der Waals surface area contributed by atoms with Crippen LogP contribution in [-0.2, 0) is 5.41 Å². The maximum atomic E-state index is 6.50. The molecule has 90 heavy (non-hydrogen) atoms. The molecular formula is C87H60N2O. The average molecular weight is 1150 g/mol. The number of furan rings is 1. The topological polar surface area (TPSA) is 19.6 Å². The standard InChI is InChI=1S/C87H60N2O/c1-87(2)81-55-54-78-75-22-10-9-20-73(75)74-21-11-12-24-77(74)84(78)85(81)80-53-52-71(56-82(80)87)89(69-46-32-61(33-47-69)58-18-7-4-8-19-58)70-48-38-64(39-49-70)63-36-44-67(45-37-63)88(66-42-34-62(35-43-66)60-30-28-59(29-31-60)57-16-5-3-6-17-57)68-50-40-65(41-51-68)72-25-15-26-79-76-23-13-14-27-83(76)90-86(72)79/h3-56H,1-2H3. The number of hydrogen-bond acceptors (Lipinski definition) is 3. The lowest BCUT2D eigenvalue weighted by Gasteiger charge is -2.28. The molecule has 3 heteroatoms. The van der Waals surface area contributed by atoms with E-state index in [-0.39, 0.29) is 5.41 Å². The van der Waals surface area contributed by atoms with Gasteiger partial charge in [-0.15, -0.1) is 0 Å². The summed E-state index contributed by atoms with van der Waals surface area (Å²) in [5.41, 5.74) is 25.0. The van der Waals surface area contributed by atoms with E-state index in [1.54, 1.807) is 0 Å². The molecular weight excluding hydrogens is 1090 g/mol. The summed E-state index contributed by atoms with van der Waals surface area (Å²) in [5, 5.41) is 10.1. The molecule has 0 atom stereocenters. The van der Waals surface area contributed by atoms with Gasteiger partial charge in [0.1, 0.15) is 11.2 Å². The molecule has 0 radical (unpaired) electrons. The first-order chi connectivity index (χ1) is 44.4. The van der Waals surface area contributed by atoms with Gasteiger partial charge in [-0.05, 0) is 184 Å². The number of benzene rings is 15. The highest BCUT2D eigenvalue weighted by molar-refractivity contribution is 6.29. The molecule has 17 rings (SSSR count). The minimum atomic E-state index is -0.246. The smallest absolute Gasteiger partial charge is 0.143 e. The van der Waals surface area contributed by atoms with Crippen LogP contribution in [0.2, 0.25) is 0 Å². The van der Waals surface area contributed by atoms with E-state index >= 15 is 0 Å². The van der Waals surface area contributed by atoms with Crippen molar-refractivity contribution >= 4 is 88.4 Å². The molecule has 0 aliphatic heterocycles. The van der Waals surface area contributed by atoms with Gasteiger partial charge >= 0.3 is 0 Å². The van der Waals surface area contributed by atoms with Crippen LogP contribution >= 0.6 is 0 Å². The molecule has 0 bridgehead atoms. The zero-order valence-corrected chi connectivity index (χ0v) is 50.0. The van der Waals surface area contributed by atoms with Gasteiger partial charge in [0.2, 0.25) is 0 Å². The number of rotatable bonds is 11. The van der Waals surface area contributed by atoms with Crippen LogP contribution in [0.15, 0.2) is 332 Å². The number of anilines is 6. The lowest BCUT2D eigenvalue weighted by atomic mass is 9.81. The Balaban J connectivity index is 0.724. The molecule has 0 fully saturated rings. The van der Waals surface area contributed by atoms with E-state index in [0.717, 1.165) is 83.9 Å². The van der Waals surface area contributed by atoms with Crippen molar-refractivity contribution in [3.63, 3.8) is 0 Å². The minimum absolute atomic E-state index is 0.246. The van der Waals surface area contributed by atoms with E-state index < -0.39 is 0 Å². The molecule has 424 valence electrons. The van der Waals surface area contributed by atoms with Gasteiger partial charge < -0.3 is 14.2 Å². The molecule has 15 aromatic carbocycles. The van der Waals surface area contributed by atoms with Crippen molar-refractivity contribution in [2.75, 3.05) is 9.80 Å². The molecule has 0 unspecified atom stereocenters. The molecule has 0 saturated carbocycles. The van der Waals surface area contributed by atoms with E-state index in [1.165, 1.54) is 82.4 Å². The van der Waals surface area contributed by atoms with E-state index in [9.17, 15) is 0 Å². The Labute approximate surface area is 524 Å². The van der Waals surface area contributed by atoms with Gasteiger partial charge in [-0.2, -0.15) is 0 Å². The highest BCUT2D eigenvalue weighted by Crippen LogP contribution is 2.55. The normalized spacial score (nSPS) is 12.4. The predicted molar refractivity (Wildman–Crippen MR) is 380 cm³/mol. The third-order valence-corrected chi connectivity index (χ3v) is 18.9. The van der Waals surface area contributed by atoms with Crippen LogP contribution in [0.4, 0.5) is 34.1 Å². The largest absolute Gasteiger partial charge is 0.455 e. The van der Waals surface area contributed by atoms with E-state index in [0.29, 0.717) is 0 Å². The van der Waals surface area contributed by atoms with Gasteiger partial charge in [-0.25, -0.2) is 0 Å². The third kappa shape index (κ3) is 8.88. The van der Waals surface area contributed by atoms with Crippen LogP contribution < -0.4 is 9.80 Å². The Kier molecular flexibility index (Phi) is 12.6. The Morgan fingerprint density at radius 2 is 0.600 bits per heavy atom. The van der Waals surface area contributed by atoms with Gasteiger partial charge in [-0.1, -0.05) is 263 Å². The summed E-state index contributed by atoms with van der Waals surface area (Å²) in [6, 6.07) is 120. The summed E-state index contributed by atoms with van der Waals surface area (Å²) in [6.07, 6.45) is 0. The van der Waals surface area contributed by atoms with Crippen molar-refractivity contribution < 1.29 is 4.42 Å². The number of fused-ring (bicyclic) bond motifs is 13. The van der Waals surface area contributed by atoms with Gasteiger partial charge in [-0.3, -0.25) is 0 Å². The first-order valence-electron chi connectivity index (χ1n) is 31.1. The summed E-state index contributed by atoms with van der Waals surface area (Å²) >= 11 is 0. The highest BCUT2D eigenvalue weighted by Gasteiger charge is 2.38. The molecule has 3 nitrogen and oxygen atoms in total. The molecule has 1 aromatic heterocycles. The fourth-order valence-electron chi connectivity index (χ4n) is 14.3. The Morgan fingerprint density at radius 3 is 1.09 bits per heavy atom. The second kappa shape index (κ2) is 21.4. The molecule has 0 amide bonds. The molecule has 0 saturated heterocycles. The molecule has 0 spiro atoms. The minimum Gasteiger partial charge on any atom is -0.455 e. The average Bonchev–Trinajstić information content (AvgIpc) is 1.49. The van der Waals surface area contributed by atoms with Crippen LogP contribution in [0.5, 0.6) is 0 Å². The van der Waals surface area contributed by atoms with Gasteiger partial charge in [0.05, 0.1) is 0 Å². The number of hydrogen-bond donors (Lipinski definition) is 0. The fourth-order valence-corrected chi connectivity index (χ4v) is 14.3. The third-order valence-electron chi connectivity index (χ3n) is 18.9. The molecule has 0 N–H and O–H groups in total. The van der Waals surface area contributed by atoms with Crippen molar-refractivity contribution in [3.05, 3.63) is 339 Å². The lowest BCUT2D eigenvalue weighted by Crippen LogP contribution is -2.16. The predicted octanol–water partition coefficient (Wildman–Crippen LogP) is 24.6.